The second kappa shape index (κ2) is 5.05. The molecule has 0 saturated carbocycles. The Morgan fingerprint density at radius 3 is 2.70 bits per heavy atom. The summed E-state index contributed by atoms with van der Waals surface area (Å²) >= 11 is 0. The van der Waals surface area contributed by atoms with E-state index in [1.54, 1.807) is 24.4 Å². The highest BCUT2D eigenvalue weighted by molar-refractivity contribution is 6.11. The van der Waals surface area contributed by atoms with E-state index in [4.69, 9.17) is 0 Å². The first-order valence-corrected chi connectivity index (χ1v) is 6.02. The van der Waals surface area contributed by atoms with Gasteiger partial charge in [-0.15, -0.1) is 0 Å². The van der Waals surface area contributed by atoms with Crippen molar-refractivity contribution in [1.82, 2.24) is 9.97 Å². The highest BCUT2D eigenvalue weighted by Gasteiger charge is 2.11. The summed E-state index contributed by atoms with van der Waals surface area (Å²) in [6.07, 6.45) is 1.62. The molecule has 1 aromatic carbocycles. The fourth-order valence-electron chi connectivity index (χ4n) is 1.95. The number of amides is 1. The lowest BCUT2D eigenvalue weighted by molar-refractivity contribution is 0.102. The number of benzene rings is 1. The first-order chi connectivity index (χ1) is 9.74. The van der Waals surface area contributed by atoms with Gasteiger partial charge in [0.25, 0.3) is 5.91 Å². The van der Waals surface area contributed by atoms with Crippen LogP contribution >= 0.6 is 0 Å². The Kier molecular flexibility index (Phi) is 3.09. The normalized spacial score (nSPS) is 10.4. The van der Waals surface area contributed by atoms with Crippen molar-refractivity contribution in [3.8, 4) is 0 Å². The second-order valence-corrected chi connectivity index (χ2v) is 4.18. The summed E-state index contributed by atoms with van der Waals surface area (Å²) in [5.41, 5.74) is 1.03. The van der Waals surface area contributed by atoms with E-state index in [1.165, 1.54) is 18.2 Å². The summed E-state index contributed by atoms with van der Waals surface area (Å²) < 4.78 is 13.0. The number of pyridine rings is 2. The molecule has 0 unspecified atom stereocenters. The average Bonchev–Trinajstić information content (AvgIpc) is 2.46. The second-order valence-electron chi connectivity index (χ2n) is 4.18. The Labute approximate surface area is 114 Å². The number of rotatable bonds is 2. The Balaban J connectivity index is 1.97. The summed E-state index contributed by atoms with van der Waals surface area (Å²) in [4.78, 5) is 20.0. The number of hydrogen-bond acceptors (Lipinski definition) is 3. The van der Waals surface area contributed by atoms with Gasteiger partial charge in [-0.2, -0.15) is 4.39 Å². The van der Waals surface area contributed by atoms with Gasteiger partial charge in [-0.05, 0) is 24.3 Å². The molecule has 4 nitrogen and oxygen atoms in total. The maximum atomic E-state index is 13.0. The van der Waals surface area contributed by atoms with Crippen molar-refractivity contribution in [2.24, 2.45) is 0 Å². The number of halogens is 1. The molecule has 3 aromatic rings. The molecule has 0 atom stereocenters. The number of nitrogens with zero attached hydrogens (tertiary/aromatic N) is 2. The van der Waals surface area contributed by atoms with Crippen molar-refractivity contribution in [2.75, 3.05) is 5.32 Å². The largest absolute Gasteiger partial charge is 0.306 e. The van der Waals surface area contributed by atoms with Crippen LogP contribution in [-0.4, -0.2) is 15.9 Å². The van der Waals surface area contributed by atoms with Crippen LogP contribution in [0.4, 0.5) is 10.2 Å². The number of carbonyl (C=O) groups excluding carboxylic acids is 1. The van der Waals surface area contributed by atoms with Gasteiger partial charge < -0.3 is 5.32 Å². The molecule has 0 spiro atoms. The van der Waals surface area contributed by atoms with Gasteiger partial charge in [-0.3, -0.25) is 9.78 Å². The topological polar surface area (TPSA) is 54.9 Å². The van der Waals surface area contributed by atoms with Crippen molar-refractivity contribution in [2.45, 2.75) is 0 Å². The summed E-state index contributed by atoms with van der Waals surface area (Å²) in [6, 6.07) is 13.2. The number of carbonyl (C=O) groups is 1. The van der Waals surface area contributed by atoms with Gasteiger partial charge in [-0.1, -0.05) is 24.3 Å². The third kappa shape index (κ3) is 2.33. The number of nitrogens with one attached hydrogen (secondary N) is 1. The molecule has 2 aromatic heterocycles. The van der Waals surface area contributed by atoms with Crippen LogP contribution < -0.4 is 5.32 Å². The third-order valence-electron chi connectivity index (χ3n) is 2.83. The highest BCUT2D eigenvalue weighted by Crippen LogP contribution is 2.17. The van der Waals surface area contributed by atoms with Crippen LogP contribution in [0.5, 0.6) is 0 Å². The Hall–Kier alpha value is -2.82. The predicted octanol–water partition coefficient (Wildman–Crippen LogP) is 3.02. The number of aromatic nitrogens is 2. The maximum absolute atomic E-state index is 13.0. The molecule has 0 saturated heterocycles. The molecule has 2 heterocycles. The van der Waals surface area contributed by atoms with E-state index in [0.717, 1.165) is 5.39 Å². The van der Waals surface area contributed by atoms with Crippen molar-refractivity contribution < 1.29 is 9.18 Å². The smallest absolute Gasteiger partial charge is 0.259 e. The van der Waals surface area contributed by atoms with Gasteiger partial charge in [-0.25, -0.2) is 4.98 Å². The fraction of sp³-hybridized carbons (Fsp3) is 0. The minimum absolute atomic E-state index is 0.169. The lowest BCUT2D eigenvalue weighted by Gasteiger charge is -2.06. The van der Waals surface area contributed by atoms with E-state index in [1.807, 2.05) is 12.1 Å². The van der Waals surface area contributed by atoms with Crippen LogP contribution in [-0.2, 0) is 0 Å². The van der Waals surface area contributed by atoms with E-state index in [0.29, 0.717) is 11.1 Å². The minimum Gasteiger partial charge on any atom is -0.306 e. The van der Waals surface area contributed by atoms with Crippen LogP contribution in [0.2, 0.25) is 0 Å². The summed E-state index contributed by atoms with van der Waals surface area (Å²) in [5, 5.41) is 3.43. The van der Waals surface area contributed by atoms with E-state index in [9.17, 15) is 9.18 Å². The van der Waals surface area contributed by atoms with E-state index >= 15 is 0 Å². The van der Waals surface area contributed by atoms with Crippen molar-refractivity contribution in [3.05, 3.63) is 66.2 Å². The number of hydrogen-bond donors (Lipinski definition) is 1. The Morgan fingerprint density at radius 2 is 1.85 bits per heavy atom. The molecule has 1 N–H and O–H groups in total. The zero-order chi connectivity index (χ0) is 13.9. The zero-order valence-electron chi connectivity index (χ0n) is 10.4. The molecule has 5 heteroatoms. The Bertz CT molecular complexity index is 783. The molecule has 0 bridgehead atoms. The average molecular weight is 267 g/mol. The lowest BCUT2D eigenvalue weighted by atomic mass is 10.1. The van der Waals surface area contributed by atoms with Gasteiger partial charge in [0.15, 0.2) is 0 Å². The standard InChI is InChI=1S/C15H10FN3O/c16-12-7-2-8-13(18-12)19-15(20)11-6-1-4-10-5-3-9-17-14(10)11/h1-9H,(H,18,19,20). The maximum Gasteiger partial charge on any atom is 0.259 e. The molecule has 0 radical (unpaired) electrons. The molecular weight excluding hydrogens is 257 g/mol. The molecule has 98 valence electrons. The van der Waals surface area contributed by atoms with Gasteiger partial charge in [0.2, 0.25) is 5.95 Å². The number of fused-ring (bicyclic) bond motifs is 1. The number of anilines is 1. The van der Waals surface area contributed by atoms with E-state index in [-0.39, 0.29) is 11.7 Å². The molecule has 0 aliphatic heterocycles. The zero-order valence-corrected chi connectivity index (χ0v) is 10.4. The van der Waals surface area contributed by atoms with Crippen molar-refractivity contribution >= 4 is 22.6 Å². The van der Waals surface area contributed by atoms with Gasteiger partial charge in [0.05, 0.1) is 11.1 Å². The molecule has 20 heavy (non-hydrogen) atoms. The molecule has 0 fully saturated rings. The van der Waals surface area contributed by atoms with Crippen molar-refractivity contribution in [3.63, 3.8) is 0 Å². The van der Waals surface area contributed by atoms with Gasteiger partial charge in [0, 0.05) is 11.6 Å². The molecular formula is C15H10FN3O. The highest BCUT2D eigenvalue weighted by atomic mass is 19.1. The monoisotopic (exact) mass is 267 g/mol. The van der Waals surface area contributed by atoms with Crippen LogP contribution in [0.1, 0.15) is 10.4 Å². The first-order valence-electron chi connectivity index (χ1n) is 6.02. The van der Waals surface area contributed by atoms with Crippen LogP contribution in [0.15, 0.2) is 54.7 Å². The molecule has 1 amide bonds. The van der Waals surface area contributed by atoms with Gasteiger partial charge in [0.1, 0.15) is 5.82 Å². The quantitative estimate of drug-likeness (QED) is 0.726. The summed E-state index contributed by atoms with van der Waals surface area (Å²) in [7, 11) is 0. The van der Waals surface area contributed by atoms with E-state index < -0.39 is 5.95 Å². The van der Waals surface area contributed by atoms with Crippen LogP contribution in [0.3, 0.4) is 0 Å². The van der Waals surface area contributed by atoms with Gasteiger partial charge >= 0.3 is 0 Å². The molecule has 0 aliphatic carbocycles. The molecule has 0 aliphatic rings. The van der Waals surface area contributed by atoms with E-state index in [2.05, 4.69) is 15.3 Å². The summed E-state index contributed by atoms with van der Waals surface area (Å²) in [5.74, 6) is -0.839. The molecule has 3 rings (SSSR count). The SMILES string of the molecule is O=C(Nc1cccc(F)n1)c1cccc2cccnc12. The van der Waals surface area contributed by atoms with Crippen LogP contribution in [0.25, 0.3) is 10.9 Å². The predicted molar refractivity (Wildman–Crippen MR) is 73.9 cm³/mol. The van der Waals surface area contributed by atoms with Crippen molar-refractivity contribution in [1.29, 1.82) is 0 Å². The third-order valence-corrected chi connectivity index (χ3v) is 2.83. The minimum atomic E-state index is -0.640. The van der Waals surface area contributed by atoms with Crippen LogP contribution in [0, 0.1) is 5.95 Å². The first kappa shape index (κ1) is 12.2. The Morgan fingerprint density at radius 1 is 1.05 bits per heavy atom. The summed E-state index contributed by atoms with van der Waals surface area (Å²) in [6.45, 7) is 0. The fourth-order valence-corrected chi connectivity index (χ4v) is 1.95. The lowest BCUT2D eigenvalue weighted by Crippen LogP contribution is -2.14. The number of para-hydroxylation sites is 1.